The molecule has 0 heterocycles. The molecule has 0 saturated carbocycles. The molecule has 1 unspecified atom stereocenters. The molecule has 0 aliphatic rings. The molecule has 0 aliphatic heterocycles. The molecule has 0 saturated heterocycles. The van der Waals surface area contributed by atoms with E-state index in [9.17, 15) is 17.4 Å². The Morgan fingerprint density at radius 2 is 1.46 bits per heavy atom. The Hall–Kier alpha value is -1.95. The van der Waals surface area contributed by atoms with E-state index in [-0.39, 0.29) is 5.56 Å². The van der Waals surface area contributed by atoms with Gasteiger partial charge in [-0.1, -0.05) is 54.6 Å². The molecule has 0 aliphatic carbocycles. The van der Waals surface area contributed by atoms with Crippen molar-refractivity contribution in [1.29, 1.82) is 0 Å². The molecule has 0 aromatic heterocycles. The molecule has 2 nitrogen and oxygen atoms in total. The molecule has 0 radical (unpaired) electrons. The molecular formula is C18H18F3NOS. The summed E-state index contributed by atoms with van der Waals surface area (Å²) in [5, 5.41) is 0. The van der Waals surface area contributed by atoms with Crippen LogP contribution in [0.15, 0.2) is 59.0 Å². The summed E-state index contributed by atoms with van der Waals surface area (Å²) in [6.07, 6.45) is -4.70. The first kappa shape index (κ1) is 18.4. The summed E-state index contributed by atoms with van der Waals surface area (Å²) in [7, 11) is -2.01. The molecule has 2 aromatic carbocycles. The maximum atomic E-state index is 13.6. The van der Waals surface area contributed by atoms with E-state index in [0.29, 0.717) is 11.1 Å². The van der Waals surface area contributed by atoms with E-state index in [1.807, 2.05) is 0 Å². The Labute approximate surface area is 142 Å². The number of alkyl halides is 3. The van der Waals surface area contributed by atoms with Crippen molar-refractivity contribution in [2.24, 2.45) is 4.40 Å². The van der Waals surface area contributed by atoms with Gasteiger partial charge in [-0.3, -0.25) is 0 Å². The van der Waals surface area contributed by atoms with E-state index in [1.54, 1.807) is 63.2 Å². The van der Waals surface area contributed by atoms with Gasteiger partial charge in [-0.15, -0.1) is 0 Å². The second-order valence-corrected chi connectivity index (χ2v) is 8.12. The third-order valence-corrected chi connectivity index (χ3v) is 4.63. The minimum Gasteiger partial charge on any atom is -0.234 e. The second-order valence-electron chi connectivity index (χ2n) is 6.21. The van der Waals surface area contributed by atoms with Crippen LogP contribution in [0.4, 0.5) is 13.2 Å². The normalized spacial score (nSPS) is 14.5. The van der Waals surface area contributed by atoms with Crippen LogP contribution >= 0.6 is 0 Å². The fraction of sp³-hybridized carbons (Fsp3) is 0.278. The van der Waals surface area contributed by atoms with Gasteiger partial charge in [-0.25, -0.2) is 4.21 Å². The van der Waals surface area contributed by atoms with E-state index in [0.717, 1.165) is 0 Å². The summed E-state index contributed by atoms with van der Waals surface area (Å²) in [5.74, 6) is 0. The van der Waals surface area contributed by atoms with Gasteiger partial charge in [0.1, 0.15) is 11.0 Å². The van der Waals surface area contributed by atoms with Gasteiger partial charge in [0.05, 0.1) is 4.75 Å². The number of nitrogens with zero attached hydrogens (tertiary/aromatic N) is 1. The number of benzene rings is 2. The lowest BCUT2D eigenvalue weighted by atomic mass is 9.96. The van der Waals surface area contributed by atoms with Gasteiger partial charge < -0.3 is 0 Å². The van der Waals surface area contributed by atoms with Gasteiger partial charge in [-0.2, -0.15) is 17.6 Å². The standard InChI is InChI=1S/C18H18F3NOS/c1-17(2,3)24(23)22-16(18(19,20)21)15-12-8-7-11-14(15)13-9-5-4-6-10-13/h4-12H,1-3H3/b22-16-. The number of rotatable bonds is 3. The minimum atomic E-state index is -4.70. The molecular weight excluding hydrogens is 335 g/mol. The minimum absolute atomic E-state index is 0.0752. The largest absolute Gasteiger partial charge is 0.434 e. The number of halogens is 3. The Bertz CT molecular complexity index is 762. The van der Waals surface area contributed by atoms with Gasteiger partial charge in [0.15, 0.2) is 5.71 Å². The third kappa shape index (κ3) is 4.32. The molecule has 2 aromatic rings. The molecule has 0 bridgehead atoms. The van der Waals surface area contributed by atoms with Crippen LogP contribution in [0.25, 0.3) is 11.1 Å². The van der Waals surface area contributed by atoms with Crippen molar-refractivity contribution in [2.45, 2.75) is 31.7 Å². The fourth-order valence-corrected chi connectivity index (χ4v) is 2.67. The lowest BCUT2D eigenvalue weighted by Crippen LogP contribution is -2.28. The predicted molar refractivity (Wildman–Crippen MR) is 92.4 cm³/mol. The molecule has 0 fully saturated rings. The summed E-state index contributed by atoms with van der Waals surface area (Å²) < 4.78 is 55.6. The first-order valence-electron chi connectivity index (χ1n) is 7.33. The maximum absolute atomic E-state index is 13.6. The molecule has 24 heavy (non-hydrogen) atoms. The molecule has 0 amide bonds. The highest BCUT2D eigenvalue weighted by molar-refractivity contribution is 7.85. The van der Waals surface area contributed by atoms with Crippen molar-refractivity contribution in [1.82, 2.24) is 0 Å². The van der Waals surface area contributed by atoms with Crippen LogP contribution in [-0.4, -0.2) is 20.8 Å². The number of hydrogen-bond acceptors (Lipinski definition) is 1. The summed E-state index contributed by atoms with van der Waals surface area (Å²) in [6, 6.07) is 14.9. The fourth-order valence-electron chi connectivity index (χ4n) is 2.03. The topological polar surface area (TPSA) is 29.4 Å². The van der Waals surface area contributed by atoms with E-state index < -0.39 is 27.6 Å². The molecule has 0 N–H and O–H groups in total. The zero-order valence-electron chi connectivity index (χ0n) is 13.6. The van der Waals surface area contributed by atoms with Crippen LogP contribution in [-0.2, 0) is 11.0 Å². The predicted octanol–water partition coefficient (Wildman–Crippen LogP) is 5.17. The van der Waals surface area contributed by atoms with Crippen LogP contribution < -0.4 is 0 Å². The monoisotopic (exact) mass is 353 g/mol. The van der Waals surface area contributed by atoms with Crippen molar-refractivity contribution in [3.8, 4) is 11.1 Å². The van der Waals surface area contributed by atoms with Crippen molar-refractivity contribution in [3.63, 3.8) is 0 Å². The van der Waals surface area contributed by atoms with Crippen LogP contribution in [0, 0.1) is 0 Å². The molecule has 1 atom stereocenters. The zero-order chi connectivity index (χ0) is 18.0. The Balaban J connectivity index is 2.66. The summed E-state index contributed by atoms with van der Waals surface area (Å²) in [4.78, 5) is 0. The summed E-state index contributed by atoms with van der Waals surface area (Å²) >= 11 is 0. The molecule has 0 spiro atoms. The highest BCUT2D eigenvalue weighted by Crippen LogP contribution is 2.31. The van der Waals surface area contributed by atoms with E-state index >= 15 is 0 Å². The third-order valence-electron chi connectivity index (χ3n) is 3.23. The van der Waals surface area contributed by atoms with Gasteiger partial charge in [-0.05, 0) is 31.9 Å². The number of hydrogen-bond donors (Lipinski definition) is 0. The summed E-state index contributed by atoms with van der Waals surface area (Å²) in [5.41, 5.74) is -0.143. The Kier molecular flexibility index (Phi) is 5.28. The van der Waals surface area contributed by atoms with E-state index in [1.165, 1.54) is 12.1 Å². The van der Waals surface area contributed by atoms with Crippen LogP contribution in [0.1, 0.15) is 26.3 Å². The van der Waals surface area contributed by atoms with Crippen molar-refractivity contribution < 1.29 is 17.4 Å². The van der Waals surface area contributed by atoms with Gasteiger partial charge in [0, 0.05) is 5.56 Å². The van der Waals surface area contributed by atoms with Crippen LogP contribution in [0.3, 0.4) is 0 Å². The molecule has 6 heteroatoms. The second kappa shape index (κ2) is 6.89. The van der Waals surface area contributed by atoms with Crippen LogP contribution in [0.5, 0.6) is 0 Å². The Morgan fingerprint density at radius 3 is 2.00 bits per heavy atom. The Morgan fingerprint density at radius 1 is 0.917 bits per heavy atom. The van der Waals surface area contributed by atoms with Crippen molar-refractivity contribution in [3.05, 3.63) is 60.2 Å². The summed E-state index contributed by atoms with van der Waals surface area (Å²) in [6.45, 7) is 4.76. The first-order chi connectivity index (χ1) is 11.1. The molecule has 128 valence electrons. The quantitative estimate of drug-likeness (QED) is 0.700. The van der Waals surface area contributed by atoms with Crippen LogP contribution in [0.2, 0.25) is 0 Å². The van der Waals surface area contributed by atoms with Crippen molar-refractivity contribution >= 4 is 16.7 Å². The lowest BCUT2D eigenvalue weighted by Gasteiger charge is -2.18. The van der Waals surface area contributed by atoms with Gasteiger partial charge >= 0.3 is 6.18 Å². The van der Waals surface area contributed by atoms with Gasteiger partial charge in [0.2, 0.25) is 0 Å². The van der Waals surface area contributed by atoms with E-state index in [4.69, 9.17) is 0 Å². The lowest BCUT2D eigenvalue weighted by molar-refractivity contribution is -0.0578. The average molecular weight is 353 g/mol. The molecule has 2 rings (SSSR count). The first-order valence-corrected chi connectivity index (χ1v) is 8.44. The zero-order valence-corrected chi connectivity index (χ0v) is 14.4. The smallest absolute Gasteiger partial charge is 0.234 e. The van der Waals surface area contributed by atoms with Gasteiger partial charge in [0.25, 0.3) is 0 Å². The van der Waals surface area contributed by atoms with Crippen molar-refractivity contribution in [2.75, 3.05) is 0 Å². The average Bonchev–Trinajstić information content (AvgIpc) is 2.51. The highest BCUT2D eigenvalue weighted by atomic mass is 32.2. The SMILES string of the molecule is CC(C)(C)S(=O)/N=C(/c1ccccc1-c1ccccc1)C(F)(F)F. The highest BCUT2D eigenvalue weighted by Gasteiger charge is 2.39. The van der Waals surface area contributed by atoms with E-state index in [2.05, 4.69) is 4.40 Å². The maximum Gasteiger partial charge on any atom is 0.434 e.